The lowest BCUT2D eigenvalue weighted by atomic mass is 10.1. The minimum Gasteiger partial charge on any atom is -0.456 e. The van der Waals surface area contributed by atoms with Gasteiger partial charge in [-0.2, -0.15) is 0 Å². The first-order valence-electron chi connectivity index (χ1n) is 14.0. The molecule has 0 spiro atoms. The third kappa shape index (κ3) is 9.80. The van der Waals surface area contributed by atoms with Crippen molar-refractivity contribution in [3.05, 3.63) is 139 Å². The molecule has 0 fully saturated rings. The van der Waals surface area contributed by atoms with E-state index in [1.165, 1.54) is 0 Å². The first-order chi connectivity index (χ1) is 20.8. The Hall–Kier alpha value is -5.01. The third-order valence-corrected chi connectivity index (χ3v) is 7.06. The Kier molecular flexibility index (Phi) is 12.4. The highest BCUT2D eigenvalue weighted by atomic mass is 16.5. The van der Waals surface area contributed by atoms with E-state index in [-0.39, 0.29) is 19.8 Å². The Morgan fingerprint density at radius 1 is 0.512 bits per heavy atom. The summed E-state index contributed by atoms with van der Waals surface area (Å²) in [5.74, 6) is -1.34. The molecule has 222 valence electrons. The molecule has 43 heavy (non-hydrogen) atoms. The van der Waals surface area contributed by atoms with Gasteiger partial charge in [0, 0.05) is 0 Å². The monoisotopic (exact) mass is 580 g/mol. The zero-order valence-corrected chi connectivity index (χ0v) is 24.4. The van der Waals surface area contributed by atoms with Crippen LogP contribution in [-0.4, -0.2) is 68.4 Å². The molecule has 0 aromatic heterocycles. The normalized spacial score (nSPS) is 10.7. The van der Waals surface area contributed by atoms with E-state index in [0.29, 0.717) is 47.4 Å². The highest BCUT2D eigenvalue weighted by Crippen LogP contribution is 2.13. The molecule has 3 aromatic carbocycles. The van der Waals surface area contributed by atoms with Gasteiger partial charge in [0.15, 0.2) is 0 Å². The summed E-state index contributed by atoms with van der Waals surface area (Å²) in [7, 11) is 0. The first kappa shape index (κ1) is 32.5. The van der Waals surface area contributed by atoms with E-state index in [4.69, 9.17) is 14.2 Å². The SMILES string of the molecule is C=CC[N+](CCOC(=O)c1ccc(C=C)cc1)(CCOC(=O)c1ccc(C=C)cc1)CCOC(=O)c1ccc(C=C)cc1. The second-order valence-electron chi connectivity index (χ2n) is 9.87. The molecule has 0 heterocycles. The van der Waals surface area contributed by atoms with Gasteiger partial charge in [0.05, 0.1) is 23.2 Å². The van der Waals surface area contributed by atoms with Crippen molar-refractivity contribution in [2.24, 2.45) is 0 Å². The predicted molar refractivity (Wildman–Crippen MR) is 170 cm³/mol. The maximum absolute atomic E-state index is 12.7. The number of hydrogen-bond donors (Lipinski definition) is 0. The van der Waals surface area contributed by atoms with Gasteiger partial charge in [-0.05, 0) is 59.2 Å². The number of ether oxygens (including phenoxy) is 3. The van der Waals surface area contributed by atoms with Gasteiger partial charge >= 0.3 is 17.9 Å². The Bertz CT molecular complexity index is 1250. The van der Waals surface area contributed by atoms with E-state index in [0.717, 1.165) is 16.7 Å². The molecular formula is C36H38NO6+. The molecule has 0 unspecified atom stereocenters. The lowest BCUT2D eigenvalue weighted by molar-refractivity contribution is -0.923. The van der Waals surface area contributed by atoms with Crippen LogP contribution >= 0.6 is 0 Å². The number of benzene rings is 3. The molecule has 0 saturated carbocycles. The lowest BCUT2D eigenvalue weighted by Gasteiger charge is -2.37. The largest absolute Gasteiger partial charge is 0.456 e. The molecule has 0 bridgehead atoms. The van der Waals surface area contributed by atoms with Gasteiger partial charge in [-0.1, -0.05) is 80.9 Å². The molecule has 0 aliphatic heterocycles. The summed E-state index contributed by atoms with van der Waals surface area (Å²) in [6.07, 6.45) is 6.84. The Morgan fingerprint density at radius 2 is 0.791 bits per heavy atom. The van der Waals surface area contributed by atoms with Crippen molar-refractivity contribution >= 4 is 36.1 Å². The van der Waals surface area contributed by atoms with Crippen molar-refractivity contribution in [2.75, 3.05) is 46.0 Å². The van der Waals surface area contributed by atoms with Crippen molar-refractivity contribution in [1.29, 1.82) is 0 Å². The summed E-state index contributed by atoms with van der Waals surface area (Å²) in [5, 5.41) is 0. The van der Waals surface area contributed by atoms with Crippen molar-refractivity contribution in [3.8, 4) is 0 Å². The fourth-order valence-corrected chi connectivity index (χ4v) is 4.39. The van der Waals surface area contributed by atoms with Gasteiger partial charge in [0.2, 0.25) is 0 Å². The topological polar surface area (TPSA) is 78.9 Å². The minimum absolute atomic E-state index is 0.101. The van der Waals surface area contributed by atoms with Crippen LogP contribution in [0.15, 0.2) is 105 Å². The molecular weight excluding hydrogens is 542 g/mol. The highest BCUT2D eigenvalue weighted by Gasteiger charge is 2.28. The molecule has 0 N–H and O–H groups in total. The van der Waals surface area contributed by atoms with E-state index >= 15 is 0 Å². The van der Waals surface area contributed by atoms with Gasteiger partial charge in [-0.3, -0.25) is 0 Å². The van der Waals surface area contributed by atoms with Gasteiger partial charge < -0.3 is 18.7 Å². The zero-order chi connectivity index (χ0) is 31.1. The average Bonchev–Trinajstić information content (AvgIpc) is 3.04. The van der Waals surface area contributed by atoms with Crippen molar-refractivity contribution in [2.45, 2.75) is 0 Å². The Balaban J connectivity index is 1.67. The zero-order valence-electron chi connectivity index (χ0n) is 24.4. The lowest BCUT2D eigenvalue weighted by Crippen LogP contribution is -2.54. The number of nitrogens with zero attached hydrogens (tertiary/aromatic N) is 1. The Labute approximate surface area is 253 Å². The minimum atomic E-state index is -0.448. The molecule has 0 aliphatic carbocycles. The fraction of sp³-hybridized carbons (Fsp3) is 0.194. The maximum Gasteiger partial charge on any atom is 0.338 e. The van der Waals surface area contributed by atoms with E-state index in [9.17, 15) is 14.4 Å². The molecule has 3 aromatic rings. The summed E-state index contributed by atoms with van der Waals surface area (Å²) in [5.41, 5.74) is 3.99. The number of carbonyl (C=O) groups excluding carboxylic acids is 3. The molecule has 0 aliphatic rings. The summed E-state index contributed by atoms with van der Waals surface area (Å²) in [6, 6.07) is 20.9. The van der Waals surface area contributed by atoms with Crippen LogP contribution in [0.1, 0.15) is 47.8 Å². The van der Waals surface area contributed by atoms with Gasteiger partial charge in [0.25, 0.3) is 0 Å². The quantitative estimate of drug-likeness (QED) is 0.0786. The van der Waals surface area contributed by atoms with Crippen LogP contribution in [0, 0.1) is 0 Å². The predicted octanol–water partition coefficient (Wildman–Crippen LogP) is 6.49. The summed E-state index contributed by atoms with van der Waals surface area (Å²) < 4.78 is 17.1. The molecule has 0 amide bonds. The molecule has 3 rings (SSSR count). The Morgan fingerprint density at radius 3 is 1.02 bits per heavy atom. The van der Waals surface area contributed by atoms with Crippen LogP contribution in [0.4, 0.5) is 0 Å². The fourth-order valence-electron chi connectivity index (χ4n) is 4.39. The molecule has 0 saturated heterocycles. The van der Waals surface area contributed by atoms with Crippen LogP contribution < -0.4 is 0 Å². The number of esters is 3. The van der Waals surface area contributed by atoms with E-state index < -0.39 is 17.9 Å². The van der Waals surface area contributed by atoms with E-state index in [1.54, 1.807) is 97.1 Å². The summed E-state index contributed by atoms with van der Waals surface area (Å²) >= 11 is 0. The molecule has 7 nitrogen and oxygen atoms in total. The second-order valence-corrected chi connectivity index (χ2v) is 9.87. The van der Waals surface area contributed by atoms with Crippen molar-refractivity contribution in [1.82, 2.24) is 0 Å². The molecule has 0 atom stereocenters. The maximum atomic E-state index is 12.7. The van der Waals surface area contributed by atoms with Crippen molar-refractivity contribution in [3.63, 3.8) is 0 Å². The number of quaternary nitrogens is 1. The van der Waals surface area contributed by atoms with E-state index in [2.05, 4.69) is 26.3 Å². The van der Waals surface area contributed by atoms with Crippen LogP contribution in [0.5, 0.6) is 0 Å². The first-order valence-corrected chi connectivity index (χ1v) is 14.0. The van der Waals surface area contributed by atoms with Crippen LogP contribution in [0.2, 0.25) is 0 Å². The van der Waals surface area contributed by atoms with E-state index in [1.807, 2.05) is 0 Å². The third-order valence-electron chi connectivity index (χ3n) is 7.06. The highest BCUT2D eigenvalue weighted by molar-refractivity contribution is 5.90. The smallest absolute Gasteiger partial charge is 0.338 e. The summed E-state index contributed by atoms with van der Waals surface area (Å²) in [4.78, 5) is 38.0. The summed E-state index contributed by atoms with van der Waals surface area (Å²) in [6.45, 7) is 17.0. The van der Waals surface area contributed by atoms with Crippen LogP contribution in [0.3, 0.4) is 0 Å². The standard InChI is InChI=1S/C36H38NO6/c1-5-21-37(22-25-41-34(38)31-15-9-28(6-2)10-16-31,23-26-42-35(39)32-17-11-29(7-3)12-18-32)24-27-43-36(40)33-19-13-30(8-4)14-20-33/h5-20H,1-4,21-27H2/q+1. The molecule has 7 heteroatoms. The van der Waals surface area contributed by atoms with Crippen molar-refractivity contribution < 1.29 is 33.1 Å². The van der Waals surface area contributed by atoms with Gasteiger partial charge in [0.1, 0.15) is 39.5 Å². The second kappa shape index (κ2) is 16.4. The van der Waals surface area contributed by atoms with Crippen LogP contribution in [0.25, 0.3) is 18.2 Å². The van der Waals surface area contributed by atoms with Crippen LogP contribution in [-0.2, 0) is 14.2 Å². The average molecular weight is 581 g/mol. The van der Waals surface area contributed by atoms with Gasteiger partial charge in [-0.25, -0.2) is 14.4 Å². The molecule has 0 radical (unpaired) electrons. The number of rotatable bonds is 17. The number of carbonyl (C=O) groups is 3. The van der Waals surface area contributed by atoms with Gasteiger partial charge in [-0.15, -0.1) is 0 Å². The number of hydrogen-bond acceptors (Lipinski definition) is 6.